The molecule has 0 saturated carbocycles. The summed E-state index contributed by atoms with van der Waals surface area (Å²) in [5.41, 5.74) is 0. The minimum atomic E-state index is -1.70. The van der Waals surface area contributed by atoms with Gasteiger partial charge in [0.1, 0.15) is 54.9 Å². The molecule has 2 aliphatic rings. The van der Waals surface area contributed by atoms with Gasteiger partial charge in [0, 0.05) is 13.0 Å². The molecule has 2 saturated heterocycles. The fraction of sp³-hybridized carbons (Fsp3) is 0.980. The van der Waals surface area contributed by atoms with Crippen LogP contribution in [0.5, 0.6) is 0 Å². The molecule has 11 atom stereocenters. The van der Waals surface area contributed by atoms with Gasteiger partial charge in [-0.05, 0) is 12.8 Å². The molecule has 0 amide bonds. The first-order chi connectivity index (χ1) is 30.6. The van der Waals surface area contributed by atoms with Crippen molar-refractivity contribution in [2.45, 2.75) is 274 Å². The molecule has 2 rings (SSSR count). The molecule has 0 aliphatic carbocycles. The van der Waals surface area contributed by atoms with E-state index < -0.39 is 80.7 Å². The molecule has 14 heteroatoms. The molecule has 14 nitrogen and oxygen atoms in total. The lowest BCUT2D eigenvalue weighted by Gasteiger charge is -2.42. The van der Waals surface area contributed by atoms with Gasteiger partial charge in [0.25, 0.3) is 0 Å². The van der Waals surface area contributed by atoms with Gasteiger partial charge >= 0.3 is 5.97 Å². The summed E-state index contributed by atoms with van der Waals surface area (Å²) in [5.74, 6) is -0.371. The first kappa shape index (κ1) is 58.1. The van der Waals surface area contributed by atoms with Crippen LogP contribution in [-0.2, 0) is 33.2 Å². The highest BCUT2D eigenvalue weighted by atomic mass is 16.7. The molecule has 0 aromatic carbocycles. The highest BCUT2D eigenvalue weighted by Gasteiger charge is 2.47. The van der Waals surface area contributed by atoms with Crippen LogP contribution in [0.15, 0.2) is 0 Å². The van der Waals surface area contributed by atoms with E-state index in [1.54, 1.807) is 0 Å². The van der Waals surface area contributed by atoms with Crippen LogP contribution < -0.4 is 0 Å². The third-order valence-corrected chi connectivity index (χ3v) is 12.6. The van der Waals surface area contributed by atoms with E-state index in [-0.39, 0.29) is 25.6 Å². The fourth-order valence-electron chi connectivity index (χ4n) is 8.40. The Balaban J connectivity index is 1.73. The predicted octanol–water partition coefficient (Wildman–Crippen LogP) is 7.30. The van der Waals surface area contributed by atoms with Crippen molar-refractivity contribution in [3.05, 3.63) is 0 Å². The number of aliphatic hydroxyl groups is 7. The van der Waals surface area contributed by atoms with Crippen LogP contribution >= 0.6 is 0 Å². The van der Waals surface area contributed by atoms with E-state index in [0.29, 0.717) is 6.61 Å². The lowest BCUT2D eigenvalue weighted by atomic mass is 9.98. The number of ether oxygens (including phenoxy) is 6. The lowest BCUT2D eigenvalue weighted by molar-refractivity contribution is -0.332. The first-order valence-corrected chi connectivity index (χ1v) is 25.6. The van der Waals surface area contributed by atoms with Crippen molar-refractivity contribution in [2.24, 2.45) is 0 Å². The maximum absolute atomic E-state index is 13.0. The van der Waals surface area contributed by atoms with Gasteiger partial charge in [-0.15, -0.1) is 0 Å². The molecule has 0 spiro atoms. The molecular weight excluding hydrogens is 813 g/mol. The maximum Gasteiger partial charge on any atom is 0.306 e. The van der Waals surface area contributed by atoms with Crippen molar-refractivity contribution in [3.63, 3.8) is 0 Å². The predicted molar refractivity (Wildman–Crippen MR) is 243 cm³/mol. The number of carbonyl (C=O) groups is 1. The van der Waals surface area contributed by atoms with E-state index >= 15 is 0 Å². The van der Waals surface area contributed by atoms with Crippen LogP contribution in [0.2, 0.25) is 0 Å². The fourth-order valence-corrected chi connectivity index (χ4v) is 8.40. The average Bonchev–Trinajstić information content (AvgIpc) is 3.28. The summed E-state index contributed by atoms with van der Waals surface area (Å²) >= 11 is 0. The summed E-state index contributed by atoms with van der Waals surface area (Å²) in [6.45, 7) is 3.72. The molecule has 2 heterocycles. The minimum Gasteiger partial charge on any atom is -0.457 e. The van der Waals surface area contributed by atoms with Crippen molar-refractivity contribution >= 4 is 5.97 Å². The zero-order valence-electron chi connectivity index (χ0n) is 39.6. The largest absolute Gasteiger partial charge is 0.457 e. The summed E-state index contributed by atoms with van der Waals surface area (Å²) in [6.07, 6.45) is 20.3. The molecule has 11 unspecified atom stereocenters. The Kier molecular flexibility index (Phi) is 35.1. The Morgan fingerprint density at radius 2 is 0.841 bits per heavy atom. The highest BCUT2D eigenvalue weighted by molar-refractivity contribution is 5.69. The number of aliphatic hydroxyl groups excluding tert-OH is 7. The van der Waals surface area contributed by atoms with Crippen molar-refractivity contribution in [2.75, 3.05) is 33.0 Å². The standard InChI is InChI=1S/C49H94O14/c1-3-5-7-9-11-13-15-16-17-18-19-20-21-22-23-24-26-28-30-32-41(51)61-38(35-58-33-31-29-27-25-14-12-10-8-6-4-2)36-59-48-47(57)45(55)43(53)40(63-48)37-60-49-46(56)44(54)42(52)39(34-50)62-49/h38-40,42-50,52-57H,3-37H2,1-2H3. The summed E-state index contributed by atoms with van der Waals surface area (Å²) in [6, 6.07) is 0. The molecule has 0 radical (unpaired) electrons. The van der Waals surface area contributed by atoms with E-state index in [2.05, 4.69) is 13.8 Å². The van der Waals surface area contributed by atoms with Crippen molar-refractivity contribution < 1.29 is 69.0 Å². The second-order valence-electron chi connectivity index (χ2n) is 18.4. The normalized spacial score (nSPS) is 26.9. The third kappa shape index (κ3) is 26.2. The van der Waals surface area contributed by atoms with Gasteiger partial charge in [-0.3, -0.25) is 4.79 Å². The van der Waals surface area contributed by atoms with Gasteiger partial charge in [0.2, 0.25) is 0 Å². The first-order valence-electron chi connectivity index (χ1n) is 25.6. The maximum atomic E-state index is 13.0. The monoisotopic (exact) mass is 907 g/mol. The smallest absolute Gasteiger partial charge is 0.306 e. The van der Waals surface area contributed by atoms with Crippen LogP contribution in [-0.4, -0.2) is 142 Å². The molecule has 2 aliphatic heterocycles. The average molecular weight is 907 g/mol. The number of rotatable bonds is 41. The van der Waals surface area contributed by atoms with Crippen molar-refractivity contribution in [1.29, 1.82) is 0 Å². The van der Waals surface area contributed by atoms with Crippen LogP contribution in [0.25, 0.3) is 0 Å². The molecule has 7 N–H and O–H groups in total. The molecule has 374 valence electrons. The molecule has 63 heavy (non-hydrogen) atoms. The van der Waals surface area contributed by atoms with Crippen molar-refractivity contribution in [3.8, 4) is 0 Å². The Bertz CT molecular complexity index is 1050. The van der Waals surface area contributed by atoms with Crippen LogP contribution in [0.1, 0.15) is 206 Å². The lowest BCUT2D eigenvalue weighted by Crippen LogP contribution is -2.61. The second kappa shape index (κ2) is 38.0. The Labute approximate surface area is 381 Å². The Morgan fingerprint density at radius 3 is 1.29 bits per heavy atom. The van der Waals surface area contributed by atoms with E-state index in [9.17, 15) is 40.5 Å². The summed E-state index contributed by atoms with van der Waals surface area (Å²) < 4.78 is 34.2. The summed E-state index contributed by atoms with van der Waals surface area (Å²) in [4.78, 5) is 13.0. The molecular formula is C49H94O14. The summed E-state index contributed by atoms with van der Waals surface area (Å²) in [5, 5.41) is 72.0. The number of carbonyl (C=O) groups excluding carboxylic acids is 1. The number of hydrogen-bond donors (Lipinski definition) is 7. The number of esters is 1. The quantitative estimate of drug-likeness (QED) is 0.0237. The van der Waals surface area contributed by atoms with Gasteiger partial charge < -0.3 is 64.2 Å². The molecule has 0 aromatic rings. The van der Waals surface area contributed by atoms with Gasteiger partial charge in [-0.2, -0.15) is 0 Å². The summed E-state index contributed by atoms with van der Waals surface area (Å²) in [7, 11) is 0. The number of hydrogen-bond acceptors (Lipinski definition) is 14. The van der Waals surface area contributed by atoms with E-state index in [0.717, 1.165) is 44.9 Å². The zero-order valence-corrected chi connectivity index (χ0v) is 39.6. The Hall–Kier alpha value is -1.01. The van der Waals surface area contributed by atoms with Crippen LogP contribution in [0.3, 0.4) is 0 Å². The number of unbranched alkanes of at least 4 members (excludes halogenated alkanes) is 27. The van der Waals surface area contributed by atoms with Crippen LogP contribution in [0, 0.1) is 0 Å². The van der Waals surface area contributed by atoms with Gasteiger partial charge in [0.05, 0.1) is 26.4 Å². The SMILES string of the molecule is CCCCCCCCCCCCCCCCCCCCCC(=O)OC(COCCCCCCCCCCCC)COC1OC(COC2OC(CO)C(O)C(O)C2O)C(O)C(O)C1O. The second-order valence-corrected chi connectivity index (χ2v) is 18.4. The van der Waals surface area contributed by atoms with Crippen LogP contribution in [0.4, 0.5) is 0 Å². The van der Waals surface area contributed by atoms with E-state index in [1.165, 1.54) is 141 Å². The van der Waals surface area contributed by atoms with E-state index in [1.807, 2.05) is 0 Å². The van der Waals surface area contributed by atoms with Gasteiger partial charge in [-0.1, -0.05) is 187 Å². The minimum absolute atomic E-state index is 0.0694. The Morgan fingerprint density at radius 1 is 0.460 bits per heavy atom. The highest BCUT2D eigenvalue weighted by Crippen LogP contribution is 2.26. The van der Waals surface area contributed by atoms with Gasteiger partial charge in [-0.25, -0.2) is 0 Å². The molecule has 0 aromatic heterocycles. The van der Waals surface area contributed by atoms with Gasteiger partial charge in [0.15, 0.2) is 12.6 Å². The third-order valence-electron chi connectivity index (χ3n) is 12.6. The van der Waals surface area contributed by atoms with Crippen molar-refractivity contribution in [1.82, 2.24) is 0 Å². The molecule has 2 fully saturated rings. The molecule has 0 bridgehead atoms. The van der Waals surface area contributed by atoms with E-state index in [4.69, 9.17) is 28.4 Å². The topological polar surface area (TPSA) is 214 Å². The zero-order chi connectivity index (χ0) is 45.9.